The summed E-state index contributed by atoms with van der Waals surface area (Å²) in [6.45, 7) is 5.70. The van der Waals surface area contributed by atoms with Crippen molar-refractivity contribution in [3.63, 3.8) is 0 Å². The fraction of sp³-hybridized carbons (Fsp3) is 0.286. The average Bonchev–Trinajstić information content (AvgIpc) is 3.27. The molecule has 1 saturated heterocycles. The number of piperazine rings is 1. The number of pyridine rings is 1. The van der Waals surface area contributed by atoms with Gasteiger partial charge >= 0.3 is 6.03 Å². The SMILES string of the molecule is Cc1cccc(N2CCN(C(=O)NCc3ccc(-n4ccnc4)nc3)CC2)c1. The molecular formula is C21H24N6O. The second kappa shape index (κ2) is 8.12. The third-order valence-corrected chi connectivity index (χ3v) is 4.96. The van der Waals surface area contributed by atoms with Crippen LogP contribution in [0, 0.1) is 6.92 Å². The molecule has 144 valence electrons. The van der Waals surface area contributed by atoms with Crippen molar-refractivity contribution in [1.29, 1.82) is 0 Å². The number of aryl methyl sites for hydroxylation is 1. The summed E-state index contributed by atoms with van der Waals surface area (Å²) in [7, 11) is 0. The van der Waals surface area contributed by atoms with Crippen molar-refractivity contribution in [1.82, 2.24) is 24.8 Å². The molecule has 2 aromatic heterocycles. The van der Waals surface area contributed by atoms with Crippen LogP contribution in [0.3, 0.4) is 0 Å². The van der Waals surface area contributed by atoms with E-state index in [2.05, 4.69) is 51.4 Å². The van der Waals surface area contributed by atoms with E-state index < -0.39 is 0 Å². The monoisotopic (exact) mass is 376 g/mol. The number of hydrogen-bond acceptors (Lipinski definition) is 4. The van der Waals surface area contributed by atoms with Crippen molar-refractivity contribution in [2.24, 2.45) is 0 Å². The van der Waals surface area contributed by atoms with Gasteiger partial charge in [0.05, 0.1) is 0 Å². The maximum absolute atomic E-state index is 12.5. The van der Waals surface area contributed by atoms with E-state index in [-0.39, 0.29) is 6.03 Å². The molecule has 1 fully saturated rings. The van der Waals surface area contributed by atoms with Gasteiger partial charge in [-0.15, -0.1) is 0 Å². The molecule has 0 unspecified atom stereocenters. The van der Waals surface area contributed by atoms with E-state index in [0.29, 0.717) is 6.54 Å². The maximum atomic E-state index is 12.5. The van der Waals surface area contributed by atoms with Gasteiger partial charge in [-0.05, 0) is 36.2 Å². The highest BCUT2D eigenvalue weighted by molar-refractivity contribution is 5.74. The van der Waals surface area contributed by atoms with Gasteiger partial charge in [0.1, 0.15) is 12.1 Å². The van der Waals surface area contributed by atoms with Gasteiger partial charge in [0.25, 0.3) is 0 Å². The van der Waals surface area contributed by atoms with E-state index in [4.69, 9.17) is 0 Å². The predicted molar refractivity (Wildman–Crippen MR) is 109 cm³/mol. The number of carbonyl (C=O) groups excluding carboxylic acids is 1. The average molecular weight is 376 g/mol. The van der Waals surface area contributed by atoms with E-state index in [1.807, 2.05) is 27.8 Å². The molecule has 4 rings (SSSR count). The summed E-state index contributed by atoms with van der Waals surface area (Å²) in [6.07, 6.45) is 7.06. The van der Waals surface area contributed by atoms with Crippen LogP contribution in [0.25, 0.3) is 5.82 Å². The van der Waals surface area contributed by atoms with Gasteiger partial charge in [-0.25, -0.2) is 14.8 Å². The molecule has 2 amide bonds. The first-order valence-corrected chi connectivity index (χ1v) is 9.47. The lowest BCUT2D eigenvalue weighted by molar-refractivity contribution is 0.194. The molecule has 3 heterocycles. The van der Waals surface area contributed by atoms with Crippen LogP contribution in [0.2, 0.25) is 0 Å². The first-order chi connectivity index (χ1) is 13.7. The number of anilines is 1. The van der Waals surface area contributed by atoms with Crippen LogP contribution in [0.5, 0.6) is 0 Å². The van der Waals surface area contributed by atoms with Crippen LogP contribution >= 0.6 is 0 Å². The molecule has 0 aliphatic carbocycles. The Balaban J connectivity index is 1.27. The summed E-state index contributed by atoms with van der Waals surface area (Å²) in [4.78, 5) is 25.1. The van der Waals surface area contributed by atoms with Crippen LogP contribution < -0.4 is 10.2 Å². The molecule has 0 atom stereocenters. The Bertz CT molecular complexity index is 914. The Morgan fingerprint density at radius 1 is 1.14 bits per heavy atom. The predicted octanol–water partition coefficient (Wildman–Crippen LogP) is 2.61. The van der Waals surface area contributed by atoms with Crippen LogP contribution in [0.4, 0.5) is 10.5 Å². The van der Waals surface area contributed by atoms with Crippen molar-refractivity contribution >= 4 is 11.7 Å². The van der Waals surface area contributed by atoms with Crippen molar-refractivity contribution in [2.45, 2.75) is 13.5 Å². The zero-order chi connectivity index (χ0) is 19.3. The molecule has 1 aliphatic heterocycles. The highest BCUT2D eigenvalue weighted by Crippen LogP contribution is 2.17. The van der Waals surface area contributed by atoms with Crippen molar-refractivity contribution in [3.8, 4) is 5.82 Å². The van der Waals surface area contributed by atoms with Gasteiger partial charge in [0.15, 0.2) is 0 Å². The first kappa shape index (κ1) is 18.0. The lowest BCUT2D eigenvalue weighted by atomic mass is 10.2. The van der Waals surface area contributed by atoms with Gasteiger partial charge < -0.3 is 15.1 Å². The zero-order valence-electron chi connectivity index (χ0n) is 16.0. The Morgan fingerprint density at radius 2 is 2.00 bits per heavy atom. The first-order valence-electron chi connectivity index (χ1n) is 9.47. The molecule has 0 saturated carbocycles. The molecule has 1 N–H and O–H groups in total. The number of imidazole rings is 1. The lowest BCUT2D eigenvalue weighted by Gasteiger charge is -2.36. The Hall–Kier alpha value is -3.35. The summed E-state index contributed by atoms with van der Waals surface area (Å²) in [5.41, 5.74) is 3.45. The maximum Gasteiger partial charge on any atom is 0.317 e. The third-order valence-electron chi connectivity index (χ3n) is 4.96. The third kappa shape index (κ3) is 4.14. The number of carbonyl (C=O) groups is 1. The van der Waals surface area contributed by atoms with Crippen molar-refractivity contribution < 1.29 is 4.79 Å². The fourth-order valence-electron chi connectivity index (χ4n) is 3.35. The largest absolute Gasteiger partial charge is 0.368 e. The van der Waals surface area contributed by atoms with Crippen LogP contribution in [0.15, 0.2) is 61.3 Å². The van der Waals surface area contributed by atoms with Crippen LogP contribution in [0.1, 0.15) is 11.1 Å². The van der Waals surface area contributed by atoms with Crippen molar-refractivity contribution in [3.05, 3.63) is 72.4 Å². The second-order valence-electron chi connectivity index (χ2n) is 6.97. The molecular weight excluding hydrogens is 352 g/mol. The number of aromatic nitrogens is 3. The summed E-state index contributed by atoms with van der Waals surface area (Å²) in [6, 6.07) is 12.4. The zero-order valence-corrected chi connectivity index (χ0v) is 16.0. The van der Waals surface area contributed by atoms with Gasteiger partial charge in [0.2, 0.25) is 0 Å². The molecule has 7 heteroatoms. The normalized spacial score (nSPS) is 14.2. The number of urea groups is 1. The molecule has 3 aromatic rings. The lowest BCUT2D eigenvalue weighted by Crippen LogP contribution is -2.51. The fourth-order valence-corrected chi connectivity index (χ4v) is 3.35. The molecule has 1 aliphatic rings. The summed E-state index contributed by atoms with van der Waals surface area (Å²) >= 11 is 0. The number of nitrogens with one attached hydrogen (secondary N) is 1. The topological polar surface area (TPSA) is 66.3 Å². The van der Waals surface area contributed by atoms with Gasteiger partial charge in [-0.2, -0.15) is 0 Å². The number of benzene rings is 1. The minimum atomic E-state index is -0.0254. The Kier molecular flexibility index (Phi) is 5.23. The van der Waals surface area contributed by atoms with Gasteiger partial charge in [-0.3, -0.25) is 4.57 Å². The van der Waals surface area contributed by atoms with Crippen LogP contribution in [-0.4, -0.2) is 51.6 Å². The van der Waals surface area contributed by atoms with E-state index in [9.17, 15) is 4.79 Å². The van der Waals surface area contributed by atoms with Gasteiger partial charge in [0, 0.05) is 57.0 Å². The van der Waals surface area contributed by atoms with E-state index in [1.165, 1.54) is 11.3 Å². The molecule has 0 spiro atoms. The summed E-state index contributed by atoms with van der Waals surface area (Å²) < 4.78 is 1.84. The smallest absolute Gasteiger partial charge is 0.317 e. The summed E-state index contributed by atoms with van der Waals surface area (Å²) in [5, 5.41) is 3.00. The minimum Gasteiger partial charge on any atom is -0.368 e. The number of rotatable bonds is 4. The second-order valence-corrected chi connectivity index (χ2v) is 6.97. The quantitative estimate of drug-likeness (QED) is 0.760. The van der Waals surface area contributed by atoms with E-state index in [1.54, 1.807) is 18.7 Å². The van der Waals surface area contributed by atoms with E-state index >= 15 is 0 Å². The Labute approximate surface area is 164 Å². The molecule has 0 radical (unpaired) electrons. The van der Waals surface area contributed by atoms with E-state index in [0.717, 1.165) is 37.6 Å². The minimum absolute atomic E-state index is 0.0254. The van der Waals surface area contributed by atoms with Crippen molar-refractivity contribution in [2.75, 3.05) is 31.1 Å². The highest BCUT2D eigenvalue weighted by atomic mass is 16.2. The highest BCUT2D eigenvalue weighted by Gasteiger charge is 2.21. The number of hydrogen-bond donors (Lipinski definition) is 1. The number of nitrogens with zero attached hydrogens (tertiary/aromatic N) is 5. The molecule has 7 nitrogen and oxygen atoms in total. The Morgan fingerprint density at radius 3 is 2.68 bits per heavy atom. The molecule has 0 bridgehead atoms. The standard InChI is InChI=1S/C21H24N6O/c1-17-3-2-4-19(13-17)25-9-11-26(12-10-25)21(28)24-15-18-5-6-20(23-14-18)27-8-7-22-16-27/h2-8,13-14,16H,9-12,15H2,1H3,(H,24,28). The molecule has 28 heavy (non-hydrogen) atoms. The van der Waals surface area contributed by atoms with Gasteiger partial charge in [-0.1, -0.05) is 18.2 Å². The van der Waals surface area contributed by atoms with Crippen LogP contribution in [-0.2, 0) is 6.54 Å². The summed E-state index contributed by atoms with van der Waals surface area (Å²) in [5.74, 6) is 0.805. The number of amides is 2. The molecule has 1 aromatic carbocycles.